The zero-order valence-electron chi connectivity index (χ0n) is 41.5. The Morgan fingerprint density at radius 3 is 1.42 bits per heavy atom. The van der Waals surface area contributed by atoms with Gasteiger partial charge in [0.15, 0.2) is 0 Å². The lowest BCUT2D eigenvalue weighted by Crippen LogP contribution is -2.61. The zero-order valence-corrected chi connectivity index (χ0v) is 41.5. The van der Waals surface area contributed by atoms with E-state index in [1.165, 1.54) is 31.3 Å². The molecule has 13 N–H and O–H groups in total. The molecular weight excluding hydrogens is 965 g/mol. The van der Waals surface area contributed by atoms with E-state index in [0.717, 1.165) is 4.90 Å². The zero-order chi connectivity index (χ0) is 55.1. The van der Waals surface area contributed by atoms with E-state index >= 15 is 0 Å². The Morgan fingerprint density at radius 2 is 0.986 bits per heavy atom. The van der Waals surface area contributed by atoms with Crippen LogP contribution in [0.1, 0.15) is 110 Å². The fourth-order valence-corrected chi connectivity index (χ4v) is 7.83. The van der Waals surface area contributed by atoms with Crippen molar-refractivity contribution in [3.8, 4) is 5.75 Å². The van der Waals surface area contributed by atoms with E-state index in [1.54, 1.807) is 27.7 Å². The van der Waals surface area contributed by atoms with Gasteiger partial charge in [0.1, 0.15) is 48.0 Å². The van der Waals surface area contributed by atoms with E-state index in [4.69, 9.17) is 5.11 Å². The number of carboxylic acids is 5. The predicted molar refractivity (Wildman–Crippen MR) is 255 cm³/mol. The monoisotopic (exact) mass is 1030 g/mol. The van der Waals surface area contributed by atoms with Crippen LogP contribution in [0, 0.1) is 11.8 Å². The van der Waals surface area contributed by atoms with Crippen LogP contribution in [-0.2, 0) is 64.0 Å². The Morgan fingerprint density at radius 1 is 0.575 bits per heavy atom. The molecule has 0 aliphatic carbocycles. The highest BCUT2D eigenvalue weighted by atomic mass is 16.4. The van der Waals surface area contributed by atoms with Crippen molar-refractivity contribution in [2.75, 3.05) is 13.6 Å². The number of phenols is 1. The lowest BCUT2D eigenvalue weighted by Gasteiger charge is -2.33. The fraction of sp³-hybridized carbons (Fsp3) is 0.617. The number of likely N-dealkylation sites (N-methyl/N-ethyl adjacent to an activating group) is 1. The van der Waals surface area contributed by atoms with Crippen molar-refractivity contribution in [2.45, 2.75) is 160 Å². The van der Waals surface area contributed by atoms with Gasteiger partial charge < -0.3 is 72.8 Å². The highest BCUT2D eigenvalue weighted by Gasteiger charge is 2.42. The maximum Gasteiger partial charge on any atom is 0.326 e. The molecule has 0 bridgehead atoms. The summed E-state index contributed by atoms with van der Waals surface area (Å²) in [4.78, 5) is 156. The molecule has 1 aromatic rings. The van der Waals surface area contributed by atoms with Gasteiger partial charge in [-0.15, -0.1) is 0 Å². The molecule has 1 heterocycles. The first-order valence-electron chi connectivity index (χ1n) is 24.0. The number of aliphatic carboxylic acids is 5. The Balaban J connectivity index is 2.44. The number of rotatable bonds is 33. The molecule has 7 amide bonds. The third kappa shape index (κ3) is 21.5. The molecule has 73 heavy (non-hydrogen) atoms. The van der Waals surface area contributed by atoms with E-state index in [1.807, 2.05) is 0 Å². The van der Waals surface area contributed by atoms with Gasteiger partial charge in [0.2, 0.25) is 41.4 Å². The number of carboxylic acid groups (broad SMARTS) is 5. The van der Waals surface area contributed by atoms with Gasteiger partial charge in [-0.2, -0.15) is 0 Å². The molecule has 26 nitrogen and oxygen atoms in total. The Kier molecular flexibility index (Phi) is 25.8. The summed E-state index contributed by atoms with van der Waals surface area (Å²) in [7, 11) is 1.38. The molecule has 1 aliphatic heterocycles. The van der Waals surface area contributed by atoms with Gasteiger partial charge in [0.05, 0.1) is 6.04 Å². The Hall–Kier alpha value is -7.38. The van der Waals surface area contributed by atoms with Crippen LogP contribution in [0.4, 0.5) is 0 Å². The molecule has 0 saturated carbocycles. The van der Waals surface area contributed by atoms with Crippen molar-refractivity contribution in [3.05, 3.63) is 29.8 Å². The fourth-order valence-electron chi connectivity index (χ4n) is 7.83. The molecule has 0 radical (unpaired) electrons. The van der Waals surface area contributed by atoms with Crippen molar-refractivity contribution in [1.82, 2.24) is 42.1 Å². The molecule has 9 unspecified atom stereocenters. The molecule has 1 saturated heterocycles. The lowest BCUT2D eigenvalue weighted by atomic mass is 9.96. The number of hydrogen-bond acceptors (Lipinski definition) is 14. The SMILES string of the molecule is CCC(C)C(NC(=O)C(CCC(=O)O)NC(=O)C(CCC(=O)O)NC)C(=O)N1CCCC1C(=O)NC(CCC(=O)O)C(=O)NC(CCC(=O)O)C(=O)NC(Cc1ccc(O)cc1)C(=O)NC(CC(C)C)C(=O)O. The number of aromatic hydroxyl groups is 1. The van der Waals surface area contributed by atoms with Gasteiger partial charge in [0.25, 0.3) is 0 Å². The molecule has 0 spiro atoms. The topological polar surface area (TPSA) is 414 Å². The van der Waals surface area contributed by atoms with E-state index in [0.29, 0.717) is 12.0 Å². The molecular formula is C47H70N8O18. The summed E-state index contributed by atoms with van der Waals surface area (Å²) < 4.78 is 0. The summed E-state index contributed by atoms with van der Waals surface area (Å²) in [5, 5.41) is 74.5. The lowest BCUT2D eigenvalue weighted by molar-refractivity contribution is -0.144. The Bertz CT molecular complexity index is 2140. The summed E-state index contributed by atoms with van der Waals surface area (Å²) in [6, 6.07) is -6.13. The van der Waals surface area contributed by atoms with Crippen LogP contribution in [-0.4, -0.2) is 169 Å². The quantitative estimate of drug-likeness (QED) is 0.0404. The molecule has 1 fully saturated rings. The van der Waals surface area contributed by atoms with Gasteiger partial charge in [-0.25, -0.2) is 4.79 Å². The molecule has 2 rings (SSSR count). The van der Waals surface area contributed by atoms with Crippen LogP contribution >= 0.6 is 0 Å². The number of benzene rings is 1. The predicted octanol–water partition coefficient (Wildman–Crippen LogP) is -0.942. The number of hydrogen-bond donors (Lipinski definition) is 13. The summed E-state index contributed by atoms with van der Waals surface area (Å²) in [5.41, 5.74) is 0.395. The number of amides is 7. The maximum atomic E-state index is 14.4. The van der Waals surface area contributed by atoms with E-state index in [2.05, 4.69) is 37.2 Å². The van der Waals surface area contributed by atoms with Crippen molar-refractivity contribution >= 4 is 71.2 Å². The maximum absolute atomic E-state index is 14.4. The first kappa shape index (κ1) is 61.7. The summed E-state index contributed by atoms with van der Waals surface area (Å²) in [5.74, 6) is -14.2. The van der Waals surface area contributed by atoms with Crippen molar-refractivity contribution in [2.24, 2.45) is 11.8 Å². The first-order valence-corrected chi connectivity index (χ1v) is 24.0. The summed E-state index contributed by atoms with van der Waals surface area (Å²) in [6.45, 7) is 6.74. The van der Waals surface area contributed by atoms with E-state index < -0.39 is 170 Å². The van der Waals surface area contributed by atoms with E-state index in [9.17, 15) is 83.1 Å². The Labute approximate surface area is 421 Å². The molecule has 0 aromatic heterocycles. The smallest absolute Gasteiger partial charge is 0.326 e. The number of carbonyl (C=O) groups excluding carboxylic acids is 7. The second-order valence-corrected chi connectivity index (χ2v) is 18.3. The van der Waals surface area contributed by atoms with Crippen LogP contribution in [0.5, 0.6) is 5.75 Å². The van der Waals surface area contributed by atoms with Crippen molar-refractivity contribution < 1.29 is 88.2 Å². The van der Waals surface area contributed by atoms with Crippen LogP contribution in [0.15, 0.2) is 24.3 Å². The van der Waals surface area contributed by atoms with Gasteiger partial charge in [-0.3, -0.25) is 52.7 Å². The highest BCUT2D eigenvalue weighted by molar-refractivity contribution is 5.98. The highest BCUT2D eigenvalue weighted by Crippen LogP contribution is 2.23. The molecule has 406 valence electrons. The summed E-state index contributed by atoms with van der Waals surface area (Å²) >= 11 is 0. The minimum Gasteiger partial charge on any atom is -0.508 e. The summed E-state index contributed by atoms with van der Waals surface area (Å²) in [6.07, 6.45) is -3.83. The van der Waals surface area contributed by atoms with Gasteiger partial charge in [-0.05, 0) is 81.5 Å². The van der Waals surface area contributed by atoms with Crippen molar-refractivity contribution in [1.29, 1.82) is 0 Å². The number of nitrogens with zero attached hydrogens (tertiary/aromatic N) is 1. The van der Waals surface area contributed by atoms with Crippen LogP contribution in [0.25, 0.3) is 0 Å². The molecule has 9 atom stereocenters. The van der Waals surface area contributed by atoms with Crippen LogP contribution in [0.3, 0.4) is 0 Å². The number of likely N-dealkylation sites (tertiary alicyclic amines) is 1. The normalized spacial score (nSPS) is 16.5. The second-order valence-electron chi connectivity index (χ2n) is 18.3. The third-order valence-electron chi connectivity index (χ3n) is 12.1. The van der Waals surface area contributed by atoms with E-state index in [-0.39, 0.29) is 50.3 Å². The average molecular weight is 1040 g/mol. The van der Waals surface area contributed by atoms with Gasteiger partial charge in [-0.1, -0.05) is 46.2 Å². The molecule has 1 aromatic carbocycles. The minimum atomic E-state index is -1.74. The molecule has 26 heteroatoms. The largest absolute Gasteiger partial charge is 0.508 e. The van der Waals surface area contributed by atoms with Crippen LogP contribution < -0.4 is 37.2 Å². The second kappa shape index (κ2) is 30.5. The van der Waals surface area contributed by atoms with Gasteiger partial charge in [0, 0.05) is 38.6 Å². The third-order valence-corrected chi connectivity index (χ3v) is 12.1. The standard InChI is InChI=1S/C47H70N8O18/c1-6-25(4)39(54-43(68)31(16-20-38(63)64)49-40(65)28(48-5)13-17-35(57)58)46(71)55-21-7-8-34(55)45(70)51-30(15-19-37(61)62)41(66)50-29(14-18-36(59)60)42(67)52-32(23-26-9-11-27(56)12-10-26)44(69)53-33(47(72)73)22-24(2)3/h9-12,24-25,28-34,39,48,56H,6-8,13-23H2,1-5H3,(H,49,65)(H,50,66)(H,51,70)(H,52,67)(H,53,69)(H,54,68)(H,57,58)(H,59,60)(H,61,62)(H,63,64)(H,72,73). The minimum absolute atomic E-state index is 0.0126. The van der Waals surface area contributed by atoms with Crippen LogP contribution in [0.2, 0.25) is 0 Å². The molecule has 1 aliphatic rings. The first-order chi connectivity index (χ1) is 34.3. The number of carbonyl (C=O) groups is 12. The number of nitrogens with one attached hydrogen (secondary N) is 7. The van der Waals surface area contributed by atoms with Gasteiger partial charge >= 0.3 is 29.8 Å². The average Bonchev–Trinajstić information content (AvgIpc) is 3.82. The van der Waals surface area contributed by atoms with Crippen molar-refractivity contribution in [3.63, 3.8) is 0 Å². The number of phenolic OH excluding ortho intramolecular Hbond substituents is 1.